The van der Waals surface area contributed by atoms with E-state index < -0.39 is 5.97 Å². The van der Waals surface area contributed by atoms with Crippen molar-refractivity contribution >= 4 is 5.97 Å². The van der Waals surface area contributed by atoms with Gasteiger partial charge >= 0.3 is 5.97 Å². The molecule has 4 heteroatoms. The molecular weight excluding hydrogens is 244 g/mol. The average Bonchev–Trinajstić information content (AvgIpc) is 3.11. The summed E-state index contributed by atoms with van der Waals surface area (Å²) in [5.74, 6) is -0.0688. The Bertz CT molecular complexity index is 480. The van der Waals surface area contributed by atoms with Gasteiger partial charge in [0.05, 0.1) is 0 Å². The van der Waals surface area contributed by atoms with Crippen molar-refractivity contribution in [1.82, 2.24) is 0 Å². The Labute approximate surface area is 113 Å². The lowest BCUT2D eigenvalue weighted by Crippen LogP contribution is -2.01. The number of hydrogen-bond donors (Lipinski definition) is 2. The van der Waals surface area contributed by atoms with E-state index in [9.17, 15) is 15.0 Å². The van der Waals surface area contributed by atoms with E-state index in [2.05, 4.69) is 6.92 Å². The minimum atomic E-state index is -1.02. The highest BCUT2D eigenvalue weighted by Gasteiger charge is 2.33. The minimum Gasteiger partial charge on any atom is -0.507 e. The summed E-state index contributed by atoms with van der Waals surface area (Å²) in [4.78, 5) is 11.2. The summed E-state index contributed by atoms with van der Waals surface area (Å²) < 4.78 is 5.07. The molecule has 0 amide bonds. The van der Waals surface area contributed by atoms with E-state index in [1.807, 2.05) is 0 Å². The Morgan fingerprint density at radius 3 is 2.58 bits per heavy atom. The Balaban J connectivity index is 1.93. The number of aromatic hydroxyl groups is 1. The van der Waals surface area contributed by atoms with E-state index in [4.69, 9.17) is 4.74 Å². The van der Waals surface area contributed by atoms with Crippen molar-refractivity contribution in [3.8, 4) is 17.2 Å². The third-order valence-corrected chi connectivity index (χ3v) is 3.49. The van der Waals surface area contributed by atoms with Crippen LogP contribution in [0.1, 0.15) is 61.4 Å². The first-order chi connectivity index (χ1) is 9.15. The summed E-state index contributed by atoms with van der Waals surface area (Å²) >= 11 is 0. The van der Waals surface area contributed by atoms with Crippen LogP contribution in [0.4, 0.5) is 0 Å². The molecular formula is C15H20O4. The van der Waals surface area contributed by atoms with Gasteiger partial charge in [0.25, 0.3) is 0 Å². The van der Waals surface area contributed by atoms with E-state index in [0.29, 0.717) is 23.5 Å². The van der Waals surface area contributed by atoms with Gasteiger partial charge < -0.3 is 14.9 Å². The maximum Gasteiger partial charge on any atom is 0.340 e. The smallest absolute Gasteiger partial charge is 0.340 e. The number of phenolic OH excluding ortho intramolecular Hbond substituents is 1. The fraction of sp³-hybridized carbons (Fsp3) is 0.533. The second-order valence-electron chi connectivity index (χ2n) is 5.00. The lowest BCUT2D eigenvalue weighted by atomic mass is 9.99. The highest BCUT2D eigenvalue weighted by Crippen LogP contribution is 2.52. The molecule has 0 fully saturated rings. The fourth-order valence-electron chi connectivity index (χ4n) is 2.39. The summed E-state index contributed by atoms with van der Waals surface area (Å²) in [5, 5.41) is 19.0. The molecule has 0 spiro atoms. The Kier molecular flexibility index (Phi) is 4.30. The van der Waals surface area contributed by atoms with E-state index in [1.165, 1.54) is 31.7 Å². The molecule has 0 aliphatic carbocycles. The summed E-state index contributed by atoms with van der Waals surface area (Å²) in [6.45, 7) is 2.18. The van der Waals surface area contributed by atoms with Crippen molar-refractivity contribution in [2.24, 2.45) is 0 Å². The summed E-state index contributed by atoms with van der Waals surface area (Å²) in [5.41, 5.74) is 0.655. The van der Waals surface area contributed by atoms with Gasteiger partial charge in [0, 0.05) is 11.6 Å². The quantitative estimate of drug-likeness (QED) is 0.556. The van der Waals surface area contributed by atoms with Crippen molar-refractivity contribution in [1.29, 1.82) is 0 Å². The summed E-state index contributed by atoms with van der Waals surface area (Å²) in [6, 6.07) is 1.51. The van der Waals surface area contributed by atoms with E-state index in [1.54, 1.807) is 0 Å². The molecule has 1 aliphatic heterocycles. The molecule has 0 saturated carbocycles. The Morgan fingerprint density at radius 1 is 1.21 bits per heavy atom. The molecule has 2 N–H and O–H groups in total. The van der Waals surface area contributed by atoms with Gasteiger partial charge in [-0.2, -0.15) is 0 Å². The third kappa shape index (κ3) is 3.19. The third-order valence-electron chi connectivity index (χ3n) is 3.49. The molecule has 4 nitrogen and oxygen atoms in total. The molecule has 0 atom stereocenters. The predicted molar refractivity (Wildman–Crippen MR) is 72.2 cm³/mol. The molecule has 2 rings (SSSR count). The first-order valence-electron chi connectivity index (χ1n) is 6.95. The molecule has 19 heavy (non-hydrogen) atoms. The molecule has 0 radical (unpaired) electrons. The van der Waals surface area contributed by atoms with Crippen LogP contribution in [0.2, 0.25) is 0 Å². The fourth-order valence-corrected chi connectivity index (χ4v) is 2.39. The topological polar surface area (TPSA) is 70.1 Å². The van der Waals surface area contributed by atoms with E-state index >= 15 is 0 Å². The molecule has 104 valence electrons. The Morgan fingerprint density at radius 2 is 1.89 bits per heavy atom. The SMILES string of the molecule is CCCCCCCCc1c(O)cc2c(c1C(=O)O)O2. The van der Waals surface area contributed by atoms with Gasteiger partial charge in [-0.25, -0.2) is 4.79 Å². The van der Waals surface area contributed by atoms with Crippen molar-refractivity contribution < 1.29 is 19.7 Å². The number of aromatic carboxylic acids is 1. The number of unbranched alkanes of at least 4 members (excludes halogenated alkanes) is 5. The normalized spacial score (nSPS) is 11.8. The number of fused-ring (bicyclic) bond motifs is 1. The standard InChI is InChI=1S/C15H20O4/c1-2-3-4-5-6-7-8-10-11(16)9-12-14(19-12)13(10)15(17)18/h9,16H,2-8H2,1H3,(H,17,18). The van der Waals surface area contributed by atoms with Gasteiger partial charge in [-0.05, 0) is 12.8 Å². The molecule has 1 aromatic carbocycles. The zero-order valence-corrected chi connectivity index (χ0v) is 11.2. The van der Waals surface area contributed by atoms with E-state index in [-0.39, 0.29) is 11.3 Å². The van der Waals surface area contributed by atoms with E-state index in [0.717, 1.165) is 12.8 Å². The second-order valence-corrected chi connectivity index (χ2v) is 5.00. The molecule has 0 aromatic heterocycles. The lowest BCUT2D eigenvalue weighted by Gasteiger charge is -2.06. The highest BCUT2D eigenvalue weighted by molar-refractivity contribution is 5.97. The minimum absolute atomic E-state index is 0.0437. The maximum atomic E-state index is 11.2. The molecule has 0 bridgehead atoms. The number of benzene rings is 1. The van der Waals surface area contributed by atoms with Gasteiger partial charge in [-0.3, -0.25) is 0 Å². The van der Waals surface area contributed by atoms with Gasteiger partial charge in [0.2, 0.25) is 0 Å². The zero-order chi connectivity index (χ0) is 13.8. The first-order valence-corrected chi connectivity index (χ1v) is 6.95. The van der Waals surface area contributed by atoms with Crippen LogP contribution in [-0.4, -0.2) is 16.2 Å². The number of carbonyl (C=O) groups is 1. The van der Waals surface area contributed by atoms with Crippen LogP contribution in [0.5, 0.6) is 17.2 Å². The van der Waals surface area contributed by atoms with Crippen LogP contribution in [0.15, 0.2) is 6.07 Å². The van der Waals surface area contributed by atoms with Crippen molar-refractivity contribution in [2.75, 3.05) is 0 Å². The number of ether oxygens (including phenoxy) is 1. The zero-order valence-electron chi connectivity index (χ0n) is 11.2. The summed E-state index contributed by atoms with van der Waals surface area (Å²) in [7, 11) is 0. The highest BCUT2D eigenvalue weighted by atomic mass is 16.6. The van der Waals surface area contributed by atoms with Crippen LogP contribution >= 0.6 is 0 Å². The molecule has 1 aliphatic rings. The molecule has 1 aromatic rings. The van der Waals surface area contributed by atoms with Gasteiger partial charge in [0.1, 0.15) is 11.3 Å². The van der Waals surface area contributed by atoms with Crippen LogP contribution in [-0.2, 0) is 6.42 Å². The number of phenols is 1. The average molecular weight is 264 g/mol. The van der Waals surface area contributed by atoms with Crippen molar-refractivity contribution in [3.05, 3.63) is 17.2 Å². The maximum absolute atomic E-state index is 11.2. The van der Waals surface area contributed by atoms with Crippen LogP contribution in [0.25, 0.3) is 0 Å². The van der Waals surface area contributed by atoms with Crippen LogP contribution < -0.4 is 4.74 Å². The van der Waals surface area contributed by atoms with Crippen LogP contribution in [0, 0.1) is 0 Å². The van der Waals surface area contributed by atoms with Crippen molar-refractivity contribution in [3.63, 3.8) is 0 Å². The molecule has 0 unspecified atom stereocenters. The first kappa shape index (κ1) is 13.7. The molecule has 1 heterocycles. The second kappa shape index (κ2) is 5.95. The number of carboxylic acid groups (broad SMARTS) is 1. The Hall–Kier alpha value is -1.71. The monoisotopic (exact) mass is 264 g/mol. The molecule has 0 saturated heterocycles. The largest absolute Gasteiger partial charge is 0.507 e. The van der Waals surface area contributed by atoms with Crippen molar-refractivity contribution in [2.45, 2.75) is 51.9 Å². The number of hydrogen-bond acceptors (Lipinski definition) is 3. The number of carboxylic acids is 1. The van der Waals surface area contributed by atoms with Crippen LogP contribution in [0.3, 0.4) is 0 Å². The lowest BCUT2D eigenvalue weighted by molar-refractivity contribution is 0.0695. The van der Waals surface area contributed by atoms with Gasteiger partial charge in [-0.15, -0.1) is 0 Å². The van der Waals surface area contributed by atoms with Gasteiger partial charge in [-0.1, -0.05) is 39.0 Å². The summed E-state index contributed by atoms with van der Waals surface area (Å²) in [6.07, 6.45) is 7.41. The number of rotatable bonds is 8. The predicted octanol–water partition coefficient (Wildman–Crippen LogP) is 4.10. The van der Waals surface area contributed by atoms with Gasteiger partial charge in [0.15, 0.2) is 11.5 Å².